The first kappa shape index (κ1) is 45.0. The number of anilines is 6. The van der Waals surface area contributed by atoms with Gasteiger partial charge in [-0.25, -0.2) is 0 Å². The van der Waals surface area contributed by atoms with Crippen molar-refractivity contribution in [2.24, 2.45) is 0 Å². The minimum absolute atomic E-state index is 0.198. The largest absolute Gasteiger partial charge is 0.456 e. The maximum absolute atomic E-state index is 7.40. The molecule has 0 radical (unpaired) electrons. The molecule has 2 aliphatic rings. The summed E-state index contributed by atoms with van der Waals surface area (Å²) >= 11 is 0. The van der Waals surface area contributed by atoms with Crippen molar-refractivity contribution in [3.8, 4) is 44.5 Å². The van der Waals surface area contributed by atoms with Crippen LogP contribution in [0.4, 0.5) is 34.1 Å². The minimum Gasteiger partial charge on any atom is -0.456 e. The molecule has 1 heterocycles. The van der Waals surface area contributed by atoms with Crippen LogP contribution in [0.15, 0.2) is 259 Å². The highest BCUT2D eigenvalue weighted by molar-refractivity contribution is 6.30. The van der Waals surface area contributed by atoms with Crippen LogP contribution in [-0.2, 0) is 10.8 Å². The summed E-state index contributed by atoms with van der Waals surface area (Å²) in [6.45, 7) is 9.54. The summed E-state index contributed by atoms with van der Waals surface area (Å²) in [7, 11) is 0. The van der Waals surface area contributed by atoms with E-state index in [2.05, 4.69) is 292 Å². The summed E-state index contributed by atoms with van der Waals surface area (Å²) in [5, 5.41) is 7.16. The number of rotatable bonds is 8. The summed E-state index contributed by atoms with van der Waals surface area (Å²) in [5.41, 5.74) is 23.2. The number of hydrogen-bond donors (Lipinski definition) is 0. The van der Waals surface area contributed by atoms with Crippen LogP contribution in [-0.4, -0.2) is 0 Å². The molecule has 1 aromatic heterocycles. The van der Waals surface area contributed by atoms with Crippen molar-refractivity contribution >= 4 is 77.6 Å². The van der Waals surface area contributed by atoms with Crippen molar-refractivity contribution in [2.75, 3.05) is 9.80 Å². The van der Waals surface area contributed by atoms with Crippen LogP contribution in [0.5, 0.6) is 0 Å². The van der Waals surface area contributed by atoms with E-state index in [4.69, 9.17) is 4.42 Å². The van der Waals surface area contributed by atoms with Crippen LogP contribution in [0.1, 0.15) is 49.9 Å². The van der Waals surface area contributed by atoms with Crippen LogP contribution in [0.25, 0.3) is 88.0 Å². The Balaban J connectivity index is 0.985. The van der Waals surface area contributed by atoms with E-state index in [9.17, 15) is 0 Å². The van der Waals surface area contributed by atoms with Crippen molar-refractivity contribution in [1.82, 2.24) is 0 Å². The SMILES string of the molecule is CC1(C)c2ccccc2-c2cc3c(-c4ccc(N(c5ccccc5)c5ccccc5)cc4)cc4oc5cc(-c6ccc(N(c7ccccc7)c7ccccc7)cc6)c6cc7c(cc6c5c4c3cc21)C(C)(C)c1ccccc1-7. The zero-order valence-electron chi connectivity index (χ0n) is 43.6. The lowest BCUT2D eigenvalue weighted by molar-refractivity contribution is 0.661. The van der Waals surface area contributed by atoms with Gasteiger partial charge in [-0.15, -0.1) is 0 Å². The predicted molar refractivity (Wildman–Crippen MR) is 324 cm³/mol. The Bertz CT molecular complexity index is 4090. The molecular weight excluding hydrogens is 933 g/mol. The second kappa shape index (κ2) is 17.0. The monoisotopic (exact) mass is 986 g/mol. The lowest BCUT2D eigenvalue weighted by Crippen LogP contribution is -2.14. The second-order valence-electron chi connectivity index (χ2n) is 22.0. The van der Waals surface area contributed by atoms with Gasteiger partial charge < -0.3 is 14.2 Å². The summed E-state index contributed by atoms with van der Waals surface area (Å²) in [6.07, 6.45) is 0. The minimum atomic E-state index is -0.198. The lowest BCUT2D eigenvalue weighted by Gasteiger charge is -2.25. The second-order valence-corrected chi connectivity index (χ2v) is 22.0. The van der Waals surface area contributed by atoms with Crippen molar-refractivity contribution in [2.45, 2.75) is 38.5 Å². The van der Waals surface area contributed by atoms with Crippen molar-refractivity contribution in [3.63, 3.8) is 0 Å². The van der Waals surface area contributed by atoms with Gasteiger partial charge in [0, 0.05) is 55.7 Å². The van der Waals surface area contributed by atoms with Gasteiger partial charge in [-0.1, -0.05) is 173 Å². The summed E-state index contributed by atoms with van der Waals surface area (Å²) < 4.78 is 7.40. The van der Waals surface area contributed by atoms with Crippen molar-refractivity contribution in [1.29, 1.82) is 0 Å². The van der Waals surface area contributed by atoms with Crippen molar-refractivity contribution in [3.05, 3.63) is 277 Å². The summed E-state index contributed by atoms with van der Waals surface area (Å²) in [4.78, 5) is 4.65. The smallest absolute Gasteiger partial charge is 0.136 e. The number of para-hydroxylation sites is 4. The first-order valence-electron chi connectivity index (χ1n) is 26.9. The Morgan fingerprint density at radius 3 is 0.922 bits per heavy atom. The Morgan fingerprint density at radius 2 is 0.571 bits per heavy atom. The van der Waals surface area contributed by atoms with E-state index < -0.39 is 0 Å². The molecule has 0 fully saturated rings. The molecule has 0 N–H and O–H groups in total. The molecule has 77 heavy (non-hydrogen) atoms. The molecule has 3 heteroatoms. The molecule has 0 saturated carbocycles. The molecule has 0 amide bonds. The van der Waals surface area contributed by atoms with Gasteiger partial charge in [0.2, 0.25) is 0 Å². The summed E-state index contributed by atoms with van der Waals surface area (Å²) in [6, 6.07) is 93.4. The Kier molecular flexibility index (Phi) is 9.96. The van der Waals surface area contributed by atoms with E-state index in [0.717, 1.165) is 78.3 Å². The molecule has 0 atom stereocenters. The molecule has 0 aliphatic heterocycles. The molecule has 0 spiro atoms. The van der Waals surface area contributed by atoms with Gasteiger partial charge in [0.15, 0.2) is 0 Å². The topological polar surface area (TPSA) is 19.6 Å². The first-order valence-corrected chi connectivity index (χ1v) is 26.9. The van der Waals surface area contributed by atoms with Crippen LogP contribution in [0, 0.1) is 0 Å². The normalized spacial score (nSPS) is 13.7. The third-order valence-corrected chi connectivity index (χ3v) is 17.0. The Labute approximate surface area is 449 Å². The van der Waals surface area contributed by atoms with Gasteiger partial charge in [0.1, 0.15) is 11.2 Å². The molecule has 0 saturated heterocycles. The highest BCUT2D eigenvalue weighted by atomic mass is 16.3. The number of hydrogen-bond acceptors (Lipinski definition) is 3. The number of nitrogens with zero attached hydrogens (tertiary/aromatic N) is 2. The molecular formula is C74H54N2O. The molecule has 2 aliphatic carbocycles. The van der Waals surface area contributed by atoms with Gasteiger partial charge in [0.25, 0.3) is 0 Å². The predicted octanol–water partition coefficient (Wildman–Crippen LogP) is 20.8. The molecule has 0 bridgehead atoms. The average Bonchev–Trinajstić information content (AvgIpc) is 4.07. The molecule has 0 unspecified atom stereocenters. The zero-order chi connectivity index (χ0) is 51.6. The molecule has 15 rings (SSSR count). The van der Waals surface area contributed by atoms with Gasteiger partial charge in [-0.2, -0.15) is 0 Å². The van der Waals surface area contributed by atoms with E-state index in [1.807, 2.05) is 0 Å². The fraction of sp³-hybridized carbons (Fsp3) is 0.0811. The molecule has 3 nitrogen and oxygen atoms in total. The molecule has 366 valence electrons. The van der Waals surface area contributed by atoms with E-state index >= 15 is 0 Å². The molecule has 13 aromatic rings. The Hall–Kier alpha value is -9.44. The quantitative estimate of drug-likeness (QED) is 0.151. The fourth-order valence-corrected chi connectivity index (χ4v) is 13.2. The van der Waals surface area contributed by atoms with Crippen LogP contribution >= 0.6 is 0 Å². The van der Waals surface area contributed by atoms with Gasteiger partial charge in [0.05, 0.1) is 0 Å². The standard InChI is InChI=1S/C74H54N2O/c1-73(2)65-31-19-17-29-55(65)61-41-59-57(47-33-37-53(38-34-47)75(49-21-9-5-10-22-49)50-23-11-6-12-24-50)45-69-71(63(59)43-67(61)73)72-64-44-68-62(56-30-18-20-32-66(56)74(68,3)4)42-60(64)58(46-70(72)77-69)48-35-39-54(40-36-48)76(51-25-13-7-14-26-51)52-27-15-8-16-28-52/h5-46H,1-4H3. The fourth-order valence-electron chi connectivity index (χ4n) is 13.2. The maximum atomic E-state index is 7.40. The number of furan rings is 1. The highest BCUT2D eigenvalue weighted by Gasteiger charge is 2.38. The molecule has 12 aromatic carbocycles. The van der Waals surface area contributed by atoms with Crippen LogP contribution in [0.3, 0.4) is 0 Å². The summed E-state index contributed by atoms with van der Waals surface area (Å²) in [5.74, 6) is 0. The number of benzene rings is 12. The van der Waals surface area contributed by atoms with Crippen molar-refractivity contribution < 1.29 is 4.42 Å². The zero-order valence-corrected chi connectivity index (χ0v) is 43.6. The van der Waals surface area contributed by atoms with Gasteiger partial charge in [-0.05, 0) is 198 Å². The van der Waals surface area contributed by atoms with E-state index in [-0.39, 0.29) is 10.8 Å². The highest BCUT2D eigenvalue weighted by Crippen LogP contribution is 2.56. The van der Waals surface area contributed by atoms with Crippen LogP contribution in [0.2, 0.25) is 0 Å². The average molecular weight is 987 g/mol. The van der Waals surface area contributed by atoms with Gasteiger partial charge in [-0.3, -0.25) is 0 Å². The third kappa shape index (κ3) is 6.90. The van der Waals surface area contributed by atoms with Crippen LogP contribution < -0.4 is 9.80 Å². The van der Waals surface area contributed by atoms with Gasteiger partial charge >= 0.3 is 0 Å². The van der Waals surface area contributed by atoms with E-state index in [1.54, 1.807) is 0 Å². The maximum Gasteiger partial charge on any atom is 0.136 e. The lowest BCUT2D eigenvalue weighted by atomic mass is 9.80. The third-order valence-electron chi connectivity index (χ3n) is 17.0. The Morgan fingerprint density at radius 1 is 0.260 bits per heavy atom. The first-order chi connectivity index (χ1) is 37.7. The van der Waals surface area contributed by atoms with E-state index in [0.29, 0.717) is 0 Å². The number of fused-ring (bicyclic) bond motifs is 13. The van der Waals surface area contributed by atoms with E-state index in [1.165, 1.54) is 66.1 Å².